The average molecular weight is 373 g/mol. The number of para-hydroxylation sites is 1. The number of ether oxygens (including phenoxy) is 1. The van der Waals surface area contributed by atoms with E-state index in [2.05, 4.69) is 4.98 Å². The van der Waals surface area contributed by atoms with E-state index < -0.39 is 18.2 Å². The molecule has 1 amide bonds. The van der Waals surface area contributed by atoms with Gasteiger partial charge in [0.2, 0.25) is 0 Å². The molecule has 1 aliphatic rings. The number of piperidine rings is 1. The summed E-state index contributed by atoms with van der Waals surface area (Å²) < 4.78 is 6.28. The summed E-state index contributed by atoms with van der Waals surface area (Å²) in [5.74, 6) is -0.255. The molecule has 1 fully saturated rings. The summed E-state index contributed by atoms with van der Waals surface area (Å²) in [5, 5.41) is 10.7. The van der Waals surface area contributed by atoms with E-state index in [9.17, 15) is 19.5 Å². The van der Waals surface area contributed by atoms with Crippen LogP contribution in [0.25, 0.3) is 10.9 Å². The third-order valence-electron chi connectivity index (χ3n) is 4.76. The zero-order valence-corrected chi connectivity index (χ0v) is 15.2. The number of carbonyl (C=O) groups is 2. The summed E-state index contributed by atoms with van der Waals surface area (Å²) in [4.78, 5) is 42.8. The van der Waals surface area contributed by atoms with Crippen molar-refractivity contribution in [2.75, 3.05) is 13.2 Å². The van der Waals surface area contributed by atoms with E-state index in [1.54, 1.807) is 31.2 Å². The molecule has 1 aromatic heterocycles. The molecule has 27 heavy (non-hydrogen) atoms. The molecule has 0 radical (unpaired) electrons. The van der Waals surface area contributed by atoms with E-state index in [4.69, 9.17) is 4.74 Å². The lowest BCUT2D eigenvalue weighted by Gasteiger charge is -2.37. The molecule has 2 heterocycles. The molecule has 0 unspecified atom stereocenters. The van der Waals surface area contributed by atoms with Gasteiger partial charge in [-0.15, -0.1) is 0 Å². The van der Waals surface area contributed by atoms with Crippen LogP contribution < -0.4 is 5.56 Å². The summed E-state index contributed by atoms with van der Waals surface area (Å²) in [6, 6.07) is 6.29. The van der Waals surface area contributed by atoms with Crippen LogP contribution in [0, 0.1) is 0 Å². The Morgan fingerprint density at radius 2 is 2.11 bits per heavy atom. The van der Waals surface area contributed by atoms with Gasteiger partial charge in [-0.3, -0.25) is 14.2 Å². The number of hydrogen-bond donors (Lipinski definition) is 1. The molecule has 8 nitrogen and oxygen atoms in total. The largest absolute Gasteiger partial charge is 0.450 e. The van der Waals surface area contributed by atoms with Gasteiger partial charge in [0.05, 0.1) is 42.5 Å². The second kappa shape index (κ2) is 8.30. The molecular formula is C19H23N3O5. The predicted octanol–water partition coefficient (Wildman–Crippen LogP) is 1.34. The maximum atomic E-state index is 12.6. The molecule has 3 rings (SSSR count). The molecule has 1 aliphatic heterocycles. The Kier molecular flexibility index (Phi) is 5.85. The van der Waals surface area contributed by atoms with Gasteiger partial charge in [0.25, 0.3) is 5.56 Å². The summed E-state index contributed by atoms with van der Waals surface area (Å²) in [5.41, 5.74) is 0.280. The molecule has 0 spiro atoms. The first-order valence-corrected chi connectivity index (χ1v) is 9.08. The first-order chi connectivity index (χ1) is 13.0. The van der Waals surface area contributed by atoms with Gasteiger partial charge in [-0.2, -0.15) is 0 Å². The molecule has 0 aliphatic carbocycles. The van der Waals surface area contributed by atoms with E-state index in [1.165, 1.54) is 15.8 Å². The summed E-state index contributed by atoms with van der Waals surface area (Å²) in [6.45, 7) is 2.21. The average Bonchev–Trinajstić information content (AvgIpc) is 2.66. The summed E-state index contributed by atoms with van der Waals surface area (Å²) >= 11 is 0. The minimum Gasteiger partial charge on any atom is -0.450 e. The fourth-order valence-electron chi connectivity index (χ4n) is 3.42. The fraction of sp³-hybridized carbons (Fsp3) is 0.474. The maximum Gasteiger partial charge on any atom is 0.410 e. The Bertz CT molecular complexity index is 894. The number of aromatic nitrogens is 2. The van der Waals surface area contributed by atoms with Gasteiger partial charge >= 0.3 is 6.09 Å². The molecule has 1 aromatic carbocycles. The third-order valence-corrected chi connectivity index (χ3v) is 4.76. The number of fused-ring (bicyclic) bond motifs is 1. The molecule has 8 heteroatoms. The second-order valence-electron chi connectivity index (χ2n) is 6.61. The first kappa shape index (κ1) is 19.0. The second-order valence-corrected chi connectivity index (χ2v) is 6.61. The van der Waals surface area contributed by atoms with Crippen molar-refractivity contribution in [1.82, 2.24) is 14.5 Å². The number of carbonyl (C=O) groups excluding carboxylic acids is 2. The topological polar surface area (TPSA) is 102 Å². The number of nitrogens with zero attached hydrogens (tertiary/aromatic N) is 3. The molecule has 0 bridgehead atoms. The molecule has 144 valence electrons. The lowest BCUT2D eigenvalue weighted by Crippen LogP contribution is -2.52. The zero-order chi connectivity index (χ0) is 19.4. The van der Waals surface area contributed by atoms with Gasteiger partial charge in [0.1, 0.15) is 0 Å². The van der Waals surface area contributed by atoms with Gasteiger partial charge in [-0.05, 0) is 31.9 Å². The number of rotatable bonds is 5. The van der Waals surface area contributed by atoms with E-state index >= 15 is 0 Å². The van der Waals surface area contributed by atoms with Crippen molar-refractivity contribution in [2.45, 2.75) is 44.9 Å². The van der Waals surface area contributed by atoms with Crippen molar-refractivity contribution in [3.8, 4) is 0 Å². The Hall–Kier alpha value is -2.74. The monoisotopic (exact) mass is 373 g/mol. The number of aliphatic hydroxyl groups is 1. The fourth-order valence-corrected chi connectivity index (χ4v) is 3.42. The smallest absolute Gasteiger partial charge is 0.410 e. The molecule has 0 saturated carbocycles. The standard InChI is InChI=1S/C19H23N3O5/c1-2-27-19(26)22-9-5-8-17(24)16(22)10-13(23)11-21-12-20-15-7-4-3-6-14(15)18(21)25/h3-4,6-7,12,16-17,24H,2,5,8-11H2,1H3/t16-,17+/m0/s1. The third kappa shape index (κ3) is 4.16. The Balaban J connectivity index is 1.75. The highest BCUT2D eigenvalue weighted by molar-refractivity contribution is 5.81. The first-order valence-electron chi connectivity index (χ1n) is 9.08. The Morgan fingerprint density at radius 3 is 2.89 bits per heavy atom. The Morgan fingerprint density at radius 1 is 1.33 bits per heavy atom. The highest BCUT2D eigenvalue weighted by atomic mass is 16.6. The summed E-state index contributed by atoms with van der Waals surface area (Å²) in [6.07, 6.45) is 1.16. The molecular weight excluding hydrogens is 350 g/mol. The van der Waals surface area contributed by atoms with Gasteiger partial charge in [0, 0.05) is 13.0 Å². The van der Waals surface area contributed by atoms with Crippen molar-refractivity contribution in [3.63, 3.8) is 0 Å². The Labute approximate surface area is 156 Å². The van der Waals surface area contributed by atoms with Crippen LogP contribution in [0.4, 0.5) is 4.79 Å². The van der Waals surface area contributed by atoms with Crippen LogP contribution in [-0.2, 0) is 16.1 Å². The number of Topliss-reactive ketones (excluding diaryl/α,β-unsaturated/α-hetero) is 1. The molecule has 1 N–H and O–H groups in total. The number of likely N-dealkylation sites (tertiary alicyclic amines) is 1. The highest BCUT2D eigenvalue weighted by Crippen LogP contribution is 2.22. The van der Waals surface area contributed by atoms with E-state index in [1.807, 2.05) is 0 Å². The normalized spacial score (nSPS) is 19.9. The van der Waals surface area contributed by atoms with Crippen molar-refractivity contribution >= 4 is 22.8 Å². The van der Waals surface area contributed by atoms with E-state index in [0.29, 0.717) is 30.3 Å². The lowest BCUT2D eigenvalue weighted by molar-refractivity contribution is -0.122. The van der Waals surface area contributed by atoms with Crippen molar-refractivity contribution in [2.24, 2.45) is 0 Å². The number of hydrogen-bond acceptors (Lipinski definition) is 6. The van der Waals surface area contributed by atoms with Gasteiger partial charge in [0.15, 0.2) is 5.78 Å². The lowest BCUT2D eigenvalue weighted by atomic mass is 9.95. The van der Waals surface area contributed by atoms with Gasteiger partial charge in [-0.25, -0.2) is 9.78 Å². The SMILES string of the molecule is CCOC(=O)N1CCC[C@@H](O)[C@@H]1CC(=O)Cn1cnc2ccccc2c1=O. The predicted molar refractivity (Wildman–Crippen MR) is 98.4 cm³/mol. The summed E-state index contributed by atoms with van der Waals surface area (Å²) in [7, 11) is 0. The van der Waals surface area contributed by atoms with E-state index in [-0.39, 0.29) is 30.9 Å². The highest BCUT2D eigenvalue weighted by Gasteiger charge is 2.35. The molecule has 2 atom stereocenters. The van der Waals surface area contributed by atoms with Crippen molar-refractivity contribution in [1.29, 1.82) is 0 Å². The van der Waals surface area contributed by atoms with Crippen LogP contribution in [-0.4, -0.2) is 56.7 Å². The maximum absolute atomic E-state index is 12.6. The minimum atomic E-state index is -0.793. The van der Waals surface area contributed by atoms with Crippen molar-refractivity contribution < 1.29 is 19.4 Å². The quantitative estimate of drug-likeness (QED) is 0.849. The van der Waals surface area contributed by atoms with Gasteiger partial charge < -0.3 is 14.7 Å². The van der Waals surface area contributed by atoms with Gasteiger partial charge in [-0.1, -0.05) is 12.1 Å². The van der Waals surface area contributed by atoms with Crippen LogP contribution in [0.15, 0.2) is 35.4 Å². The zero-order valence-electron chi connectivity index (χ0n) is 15.2. The van der Waals surface area contributed by atoms with Crippen LogP contribution in [0.3, 0.4) is 0 Å². The number of ketones is 1. The van der Waals surface area contributed by atoms with E-state index in [0.717, 1.165) is 0 Å². The van der Waals surface area contributed by atoms with Crippen molar-refractivity contribution in [3.05, 3.63) is 40.9 Å². The van der Waals surface area contributed by atoms with Crippen LogP contribution in [0.2, 0.25) is 0 Å². The molecule has 1 saturated heterocycles. The number of amides is 1. The van der Waals surface area contributed by atoms with Crippen LogP contribution in [0.1, 0.15) is 26.2 Å². The van der Waals surface area contributed by atoms with Crippen LogP contribution >= 0.6 is 0 Å². The number of benzene rings is 1. The van der Waals surface area contributed by atoms with Crippen LogP contribution in [0.5, 0.6) is 0 Å². The minimum absolute atomic E-state index is 0.0424. The molecule has 2 aromatic rings. The number of aliphatic hydroxyl groups excluding tert-OH is 1.